The van der Waals surface area contributed by atoms with Crippen molar-refractivity contribution >= 4 is 0 Å². The van der Waals surface area contributed by atoms with Gasteiger partial charge in [-0.25, -0.2) is 0 Å². The molecular formula is C10H11F3O2. The summed E-state index contributed by atoms with van der Waals surface area (Å²) in [5, 5.41) is 9.60. The van der Waals surface area contributed by atoms with Gasteiger partial charge >= 0.3 is 6.18 Å². The molecule has 2 rings (SSSR count). The van der Waals surface area contributed by atoms with Gasteiger partial charge in [0.15, 0.2) is 0 Å². The molecule has 2 nitrogen and oxygen atoms in total. The molecule has 1 N–H and O–H groups in total. The number of aliphatic hydroxyl groups is 1. The smallest absolute Gasteiger partial charge is 0.392 e. The lowest BCUT2D eigenvalue weighted by Gasteiger charge is -2.27. The van der Waals surface area contributed by atoms with Crippen LogP contribution in [0, 0.1) is 12.8 Å². The van der Waals surface area contributed by atoms with Gasteiger partial charge in [-0.2, -0.15) is 13.2 Å². The normalized spacial score (nSPS) is 26.5. The Balaban J connectivity index is 2.31. The van der Waals surface area contributed by atoms with Gasteiger partial charge in [0.1, 0.15) is 5.76 Å². The van der Waals surface area contributed by atoms with Gasteiger partial charge in [-0.3, -0.25) is 0 Å². The summed E-state index contributed by atoms with van der Waals surface area (Å²) < 4.78 is 42.4. The number of hydrogen-bond donors (Lipinski definition) is 1. The molecule has 1 aromatic heterocycles. The highest BCUT2D eigenvalue weighted by atomic mass is 19.4. The van der Waals surface area contributed by atoms with Crippen LogP contribution in [0.1, 0.15) is 29.4 Å². The molecule has 84 valence electrons. The lowest BCUT2D eigenvalue weighted by Crippen LogP contribution is -2.30. The van der Waals surface area contributed by atoms with Gasteiger partial charge in [0.2, 0.25) is 0 Å². The third-order valence-corrected chi connectivity index (χ3v) is 2.84. The van der Waals surface area contributed by atoms with Crippen molar-refractivity contribution in [1.82, 2.24) is 0 Å². The van der Waals surface area contributed by atoms with Crippen LogP contribution in [0.25, 0.3) is 0 Å². The molecule has 0 saturated heterocycles. The maximum absolute atomic E-state index is 12.5. The summed E-state index contributed by atoms with van der Waals surface area (Å²) in [6.07, 6.45) is -4.36. The number of aliphatic hydroxyl groups excluding tert-OH is 1. The number of alkyl halides is 3. The van der Waals surface area contributed by atoms with Crippen molar-refractivity contribution in [3.63, 3.8) is 0 Å². The van der Waals surface area contributed by atoms with Crippen LogP contribution in [0.2, 0.25) is 0 Å². The third-order valence-electron chi connectivity index (χ3n) is 2.84. The Kier molecular flexibility index (Phi) is 2.30. The van der Waals surface area contributed by atoms with E-state index >= 15 is 0 Å². The van der Waals surface area contributed by atoms with E-state index in [4.69, 9.17) is 4.42 Å². The molecule has 0 saturated carbocycles. The lowest BCUT2D eigenvalue weighted by atomic mass is 9.84. The molecule has 5 heteroatoms. The van der Waals surface area contributed by atoms with Gasteiger partial charge < -0.3 is 9.52 Å². The first-order chi connectivity index (χ1) is 6.89. The Morgan fingerprint density at radius 3 is 2.73 bits per heavy atom. The quantitative estimate of drug-likeness (QED) is 0.729. The Morgan fingerprint density at radius 1 is 1.47 bits per heavy atom. The van der Waals surface area contributed by atoms with Crippen LogP contribution < -0.4 is 0 Å². The second-order valence-corrected chi connectivity index (χ2v) is 3.95. The SMILES string of the molecule is Cc1coc2c1[C@H](O)C[C@@H](C(F)(F)F)C2. The molecule has 1 aromatic rings. The molecule has 15 heavy (non-hydrogen) atoms. The molecule has 0 unspecified atom stereocenters. The molecular weight excluding hydrogens is 209 g/mol. The molecule has 1 aliphatic rings. The molecule has 0 fully saturated rings. The Morgan fingerprint density at radius 2 is 2.13 bits per heavy atom. The summed E-state index contributed by atoms with van der Waals surface area (Å²) in [6, 6.07) is 0. The minimum absolute atomic E-state index is 0.163. The van der Waals surface area contributed by atoms with Gasteiger partial charge in [0.25, 0.3) is 0 Å². The molecule has 0 radical (unpaired) electrons. The highest BCUT2D eigenvalue weighted by molar-refractivity contribution is 5.31. The fourth-order valence-electron chi connectivity index (χ4n) is 2.06. The first kappa shape index (κ1) is 10.5. The van der Waals surface area contributed by atoms with E-state index < -0.39 is 18.2 Å². The van der Waals surface area contributed by atoms with Crippen LogP contribution >= 0.6 is 0 Å². The van der Waals surface area contributed by atoms with E-state index in [9.17, 15) is 18.3 Å². The van der Waals surface area contributed by atoms with Crippen molar-refractivity contribution in [2.45, 2.75) is 32.0 Å². The van der Waals surface area contributed by atoms with Crippen LogP contribution in [0.15, 0.2) is 10.7 Å². The topological polar surface area (TPSA) is 33.4 Å². The monoisotopic (exact) mass is 220 g/mol. The summed E-state index contributed by atoms with van der Waals surface area (Å²) in [6.45, 7) is 1.72. The van der Waals surface area contributed by atoms with Gasteiger partial charge in [0.05, 0.1) is 18.3 Å². The van der Waals surface area contributed by atoms with E-state index in [0.717, 1.165) is 5.56 Å². The maximum Gasteiger partial charge on any atom is 0.392 e. The van der Waals surface area contributed by atoms with Crippen LogP contribution in [-0.4, -0.2) is 11.3 Å². The summed E-state index contributed by atoms with van der Waals surface area (Å²) in [4.78, 5) is 0. The Bertz CT molecular complexity index is 367. The van der Waals surface area contributed by atoms with Gasteiger partial charge in [0, 0.05) is 12.0 Å². The molecule has 0 spiro atoms. The highest BCUT2D eigenvalue weighted by Crippen LogP contribution is 2.42. The van der Waals surface area contributed by atoms with Gasteiger partial charge in [-0.15, -0.1) is 0 Å². The van der Waals surface area contributed by atoms with Gasteiger partial charge in [-0.1, -0.05) is 0 Å². The van der Waals surface area contributed by atoms with Crippen molar-refractivity contribution in [1.29, 1.82) is 0 Å². The molecule has 0 aromatic carbocycles. The van der Waals surface area contributed by atoms with Crippen molar-refractivity contribution in [2.24, 2.45) is 5.92 Å². The second kappa shape index (κ2) is 3.27. The summed E-state index contributed by atoms with van der Waals surface area (Å²) >= 11 is 0. The largest absolute Gasteiger partial charge is 0.469 e. The zero-order valence-corrected chi connectivity index (χ0v) is 8.14. The van der Waals surface area contributed by atoms with E-state index in [0.29, 0.717) is 5.56 Å². The van der Waals surface area contributed by atoms with Crippen molar-refractivity contribution in [2.75, 3.05) is 0 Å². The van der Waals surface area contributed by atoms with E-state index in [1.165, 1.54) is 6.26 Å². The average Bonchev–Trinajstić information content (AvgIpc) is 2.46. The van der Waals surface area contributed by atoms with Crippen molar-refractivity contribution in [3.05, 3.63) is 23.2 Å². The molecule has 0 aliphatic heterocycles. The number of rotatable bonds is 0. The van der Waals surface area contributed by atoms with Crippen LogP contribution in [0.5, 0.6) is 0 Å². The average molecular weight is 220 g/mol. The van der Waals surface area contributed by atoms with Crippen LogP contribution in [0.3, 0.4) is 0 Å². The Hall–Kier alpha value is -0.970. The first-order valence-corrected chi connectivity index (χ1v) is 4.71. The minimum atomic E-state index is -4.26. The zero-order chi connectivity index (χ0) is 11.2. The standard InChI is InChI=1S/C10H11F3O2/c1-5-4-15-8-3-6(10(11,12)13)2-7(14)9(5)8/h4,6-7,14H,2-3H2,1H3/t6-,7-/m1/s1. The molecule has 0 bridgehead atoms. The fraction of sp³-hybridized carbons (Fsp3) is 0.600. The number of halogens is 3. The summed E-state index contributed by atoms with van der Waals surface area (Å²) in [5.74, 6) is -1.22. The van der Waals surface area contributed by atoms with Crippen molar-refractivity contribution < 1.29 is 22.7 Å². The highest BCUT2D eigenvalue weighted by Gasteiger charge is 2.45. The number of furan rings is 1. The second-order valence-electron chi connectivity index (χ2n) is 3.95. The minimum Gasteiger partial charge on any atom is -0.469 e. The van der Waals surface area contributed by atoms with Gasteiger partial charge in [-0.05, 0) is 18.9 Å². The predicted molar refractivity (Wildman–Crippen MR) is 46.3 cm³/mol. The zero-order valence-electron chi connectivity index (χ0n) is 8.14. The number of fused-ring (bicyclic) bond motifs is 1. The number of aryl methyl sites for hydroxylation is 1. The number of hydrogen-bond acceptors (Lipinski definition) is 2. The van der Waals surface area contributed by atoms with E-state index in [-0.39, 0.29) is 18.6 Å². The maximum atomic E-state index is 12.5. The van der Waals surface area contributed by atoms with E-state index in [1.807, 2.05) is 0 Å². The predicted octanol–water partition coefficient (Wildman–Crippen LogP) is 2.75. The molecule has 1 aliphatic carbocycles. The molecule has 1 heterocycles. The lowest BCUT2D eigenvalue weighted by molar-refractivity contribution is -0.185. The Labute approximate surface area is 84.7 Å². The van der Waals surface area contributed by atoms with Crippen LogP contribution in [-0.2, 0) is 6.42 Å². The van der Waals surface area contributed by atoms with Crippen LogP contribution in [0.4, 0.5) is 13.2 Å². The summed E-state index contributed by atoms with van der Waals surface area (Å²) in [5.41, 5.74) is 1.26. The molecule has 0 amide bonds. The van der Waals surface area contributed by atoms with E-state index in [2.05, 4.69) is 0 Å². The third kappa shape index (κ3) is 1.76. The first-order valence-electron chi connectivity index (χ1n) is 4.71. The van der Waals surface area contributed by atoms with E-state index in [1.54, 1.807) is 6.92 Å². The van der Waals surface area contributed by atoms with Crippen molar-refractivity contribution in [3.8, 4) is 0 Å². The fourth-order valence-corrected chi connectivity index (χ4v) is 2.06. The summed E-state index contributed by atoms with van der Waals surface area (Å²) in [7, 11) is 0. The molecule has 2 atom stereocenters.